The van der Waals surface area contributed by atoms with Crippen molar-refractivity contribution in [1.29, 1.82) is 0 Å². The topological polar surface area (TPSA) is 43.4 Å². The number of halogens is 2. The quantitative estimate of drug-likeness (QED) is 0.758. The number of ether oxygens (including phenoxy) is 1. The Morgan fingerprint density at radius 1 is 1.17 bits per heavy atom. The summed E-state index contributed by atoms with van der Waals surface area (Å²) in [6.07, 6.45) is 0. The maximum absolute atomic E-state index is 12.9. The summed E-state index contributed by atoms with van der Waals surface area (Å²) in [6, 6.07) is 12.6. The SMILES string of the molecule is O=C(SC[C@H]1C(=O)OC[C@@H]1c1ccc(Cl)cc1)c1ccc(F)cc1. The summed E-state index contributed by atoms with van der Waals surface area (Å²) in [5, 5.41) is 0.436. The fraction of sp³-hybridized carbons (Fsp3) is 0.222. The predicted octanol–water partition coefficient (Wildman–Crippen LogP) is 4.31. The van der Waals surface area contributed by atoms with Gasteiger partial charge in [-0.3, -0.25) is 9.59 Å². The number of hydrogen-bond acceptors (Lipinski definition) is 4. The average molecular weight is 365 g/mol. The standard InChI is InChI=1S/C18H14ClFO3S/c19-13-5-1-11(2-6-13)15-9-23-17(21)16(15)10-24-18(22)12-3-7-14(20)8-4-12/h1-8,15-16H,9-10H2/t15-,16-/m1/s1. The van der Waals surface area contributed by atoms with Crippen molar-refractivity contribution in [2.24, 2.45) is 5.92 Å². The summed E-state index contributed by atoms with van der Waals surface area (Å²) in [5.74, 6) is -0.848. The zero-order valence-corrected chi connectivity index (χ0v) is 14.1. The molecule has 0 radical (unpaired) electrons. The van der Waals surface area contributed by atoms with Crippen LogP contribution in [0.5, 0.6) is 0 Å². The number of benzene rings is 2. The van der Waals surface area contributed by atoms with Gasteiger partial charge in [-0.2, -0.15) is 0 Å². The number of carbonyl (C=O) groups excluding carboxylic acids is 2. The van der Waals surface area contributed by atoms with Crippen LogP contribution < -0.4 is 0 Å². The molecule has 1 aliphatic heterocycles. The largest absolute Gasteiger partial charge is 0.465 e. The van der Waals surface area contributed by atoms with Gasteiger partial charge in [0.2, 0.25) is 5.12 Å². The fourth-order valence-electron chi connectivity index (χ4n) is 2.62. The van der Waals surface area contributed by atoms with Crippen molar-refractivity contribution in [3.8, 4) is 0 Å². The summed E-state index contributed by atoms with van der Waals surface area (Å²) in [5.41, 5.74) is 1.38. The number of thioether (sulfide) groups is 1. The van der Waals surface area contributed by atoms with E-state index in [1.54, 1.807) is 12.1 Å². The van der Waals surface area contributed by atoms with Crippen LogP contribution in [-0.4, -0.2) is 23.4 Å². The zero-order chi connectivity index (χ0) is 17.1. The molecule has 0 amide bonds. The third kappa shape index (κ3) is 3.79. The van der Waals surface area contributed by atoms with Crippen LogP contribution in [0.25, 0.3) is 0 Å². The molecule has 1 saturated heterocycles. The van der Waals surface area contributed by atoms with Crippen LogP contribution in [0.1, 0.15) is 21.8 Å². The Morgan fingerprint density at radius 2 is 1.83 bits per heavy atom. The smallest absolute Gasteiger partial charge is 0.310 e. The van der Waals surface area contributed by atoms with E-state index in [0.29, 0.717) is 22.9 Å². The molecule has 3 rings (SSSR count). The molecule has 0 N–H and O–H groups in total. The molecule has 0 unspecified atom stereocenters. The highest BCUT2D eigenvalue weighted by molar-refractivity contribution is 8.14. The minimum absolute atomic E-state index is 0.0942. The van der Waals surface area contributed by atoms with E-state index < -0.39 is 5.82 Å². The predicted molar refractivity (Wildman–Crippen MR) is 91.8 cm³/mol. The molecule has 124 valence electrons. The second kappa shape index (κ2) is 7.36. The molecule has 1 fully saturated rings. The van der Waals surface area contributed by atoms with Crippen LogP contribution in [0.4, 0.5) is 4.39 Å². The fourth-order valence-corrected chi connectivity index (χ4v) is 3.74. The molecule has 2 atom stereocenters. The van der Waals surface area contributed by atoms with E-state index in [4.69, 9.17) is 16.3 Å². The first-order valence-electron chi connectivity index (χ1n) is 7.39. The van der Waals surface area contributed by atoms with Gasteiger partial charge in [-0.05, 0) is 42.0 Å². The Morgan fingerprint density at radius 3 is 2.50 bits per heavy atom. The van der Waals surface area contributed by atoms with Crippen molar-refractivity contribution < 1.29 is 18.7 Å². The molecule has 1 aliphatic rings. The molecule has 24 heavy (non-hydrogen) atoms. The minimum Gasteiger partial charge on any atom is -0.465 e. The molecule has 0 saturated carbocycles. The van der Waals surface area contributed by atoms with Crippen LogP contribution in [0, 0.1) is 11.7 Å². The number of carbonyl (C=O) groups is 2. The van der Waals surface area contributed by atoms with Crippen molar-refractivity contribution in [2.45, 2.75) is 5.92 Å². The molecule has 2 aromatic carbocycles. The molecule has 0 spiro atoms. The highest BCUT2D eigenvalue weighted by atomic mass is 35.5. The van der Waals surface area contributed by atoms with E-state index in [1.165, 1.54) is 24.3 Å². The molecule has 3 nitrogen and oxygen atoms in total. The molecular weight excluding hydrogens is 351 g/mol. The normalized spacial score (nSPS) is 20.0. The van der Waals surface area contributed by atoms with E-state index in [0.717, 1.165) is 17.3 Å². The molecule has 2 aromatic rings. The van der Waals surface area contributed by atoms with Gasteiger partial charge in [0.1, 0.15) is 5.82 Å². The van der Waals surface area contributed by atoms with Crippen molar-refractivity contribution in [3.05, 3.63) is 70.5 Å². The highest BCUT2D eigenvalue weighted by Crippen LogP contribution is 2.35. The van der Waals surface area contributed by atoms with Gasteiger partial charge in [-0.15, -0.1) is 0 Å². The van der Waals surface area contributed by atoms with Crippen LogP contribution in [0.3, 0.4) is 0 Å². The summed E-state index contributed by atoms with van der Waals surface area (Å²) in [7, 11) is 0. The summed E-state index contributed by atoms with van der Waals surface area (Å²) >= 11 is 6.94. The van der Waals surface area contributed by atoms with Crippen LogP contribution in [0.15, 0.2) is 48.5 Å². The summed E-state index contributed by atoms with van der Waals surface area (Å²) in [4.78, 5) is 24.2. The van der Waals surface area contributed by atoms with Gasteiger partial charge in [0.05, 0.1) is 12.5 Å². The third-order valence-electron chi connectivity index (χ3n) is 3.97. The van der Waals surface area contributed by atoms with Crippen LogP contribution in [0.2, 0.25) is 5.02 Å². The van der Waals surface area contributed by atoms with Crippen molar-refractivity contribution >= 4 is 34.4 Å². The molecule has 0 aromatic heterocycles. The van der Waals surface area contributed by atoms with Gasteiger partial charge in [-0.25, -0.2) is 4.39 Å². The molecule has 0 bridgehead atoms. The Kier molecular flexibility index (Phi) is 5.21. The second-order valence-corrected chi connectivity index (χ2v) is 6.93. The highest BCUT2D eigenvalue weighted by Gasteiger charge is 2.38. The summed E-state index contributed by atoms with van der Waals surface area (Å²) < 4.78 is 18.1. The van der Waals surface area contributed by atoms with Crippen molar-refractivity contribution in [3.63, 3.8) is 0 Å². The monoisotopic (exact) mass is 364 g/mol. The molecule has 1 heterocycles. The maximum atomic E-state index is 12.9. The third-order valence-corrected chi connectivity index (χ3v) is 5.24. The van der Waals surface area contributed by atoms with Gasteiger partial charge < -0.3 is 4.74 Å². The first kappa shape index (κ1) is 17.0. The maximum Gasteiger partial charge on any atom is 0.310 e. The Balaban J connectivity index is 1.68. The Bertz CT molecular complexity index is 746. The lowest BCUT2D eigenvalue weighted by atomic mass is 9.90. The Hall–Kier alpha value is -1.85. The Labute approximate surface area is 148 Å². The number of rotatable bonds is 4. The lowest BCUT2D eigenvalue weighted by molar-refractivity contribution is -0.140. The number of esters is 1. The lowest BCUT2D eigenvalue weighted by Gasteiger charge is -2.15. The first-order valence-corrected chi connectivity index (χ1v) is 8.76. The van der Waals surface area contributed by atoms with Gasteiger partial charge >= 0.3 is 5.97 Å². The van der Waals surface area contributed by atoms with E-state index >= 15 is 0 Å². The van der Waals surface area contributed by atoms with E-state index in [2.05, 4.69) is 0 Å². The van der Waals surface area contributed by atoms with E-state index in [9.17, 15) is 14.0 Å². The van der Waals surface area contributed by atoms with Gasteiger partial charge in [0, 0.05) is 22.3 Å². The van der Waals surface area contributed by atoms with E-state index in [1.807, 2.05) is 12.1 Å². The van der Waals surface area contributed by atoms with Gasteiger partial charge in [0.25, 0.3) is 0 Å². The lowest BCUT2D eigenvalue weighted by Crippen LogP contribution is -2.18. The van der Waals surface area contributed by atoms with Gasteiger partial charge in [-0.1, -0.05) is 35.5 Å². The molecule has 0 aliphatic carbocycles. The first-order chi connectivity index (χ1) is 11.5. The van der Waals surface area contributed by atoms with E-state index in [-0.39, 0.29) is 22.9 Å². The van der Waals surface area contributed by atoms with Gasteiger partial charge in [0.15, 0.2) is 0 Å². The minimum atomic E-state index is -0.390. The average Bonchev–Trinajstić information content (AvgIpc) is 2.95. The van der Waals surface area contributed by atoms with Crippen molar-refractivity contribution in [2.75, 3.05) is 12.4 Å². The van der Waals surface area contributed by atoms with Crippen LogP contribution in [-0.2, 0) is 9.53 Å². The zero-order valence-electron chi connectivity index (χ0n) is 12.6. The van der Waals surface area contributed by atoms with Crippen LogP contribution >= 0.6 is 23.4 Å². The number of cyclic esters (lactones) is 1. The molecule has 6 heteroatoms. The summed E-state index contributed by atoms with van der Waals surface area (Å²) in [6.45, 7) is 0.302. The van der Waals surface area contributed by atoms with Crippen molar-refractivity contribution in [1.82, 2.24) is 0 Å². The molecular formula is C18H14ClFO3S. The number of hydrogen-bond donors (Lipinski definition) is 0. The second-order valence-electron chi connectivity index (χ2n) is 5.50.